The van der Waals surface area contributed by atoms with Crippen molar-refractivity contribution in [3.8, 4) is 0 Å². The number of hydrogen-bond donors (Lipinski definition) is 1. The molecule has 3 heteroatoms. The average Bonchev–Trinajstić information content (AvgIpc) is 2.17. The third-order valence-corrected chi connectivity index (χ3v) is 3.15. The topological polar surface area (TPSA) is 37.3 Å². The van der Waals surface area contributed by atoms with Gasteiger partial charge in [-0.05, 0) is 42.5 Å². The van der Waals surface area contributed by atoms with Gasteiger partial charge in [0.1, 0.15) is 0 Å². The van der Waals surface area contributed by atoms with Gasteiger partial charge in [-0.15, -0.1) is 0 Å². The lowest BCUT2D eigenvalue weighted by molar-refractivity contribution is -0.132. The number of hydrogen-bond acceptors (Lipinski definition) is 1. The van der Waals surface area contributed by atoms with Gasteiger partial charge in [0.2, 0.25) is 0 Å². The number of carboxylic acid groups (broad SMARTS) is 1. The number of carboxylic acids is 1. The van der Waals surface area contributed by atoms with Gasteiger partial charge in [-0.25, -0.2) is 4.79 Å². The number of allylic oxidation sites excluding steroid dienone is 1. The number of benzene rings is 1. The van der Waals surface area contributed by atoms with Crippen LogP contribution in [-0.4, -0.2) is 11.1 Å². The van der Waals surface area contributed by atoms with E-state index in [1.165, 1.54) is 0 Å². The van der Waals surface area contributed by atoms with Crippen molar-refractivity contribution in [1.29, 1.82) is 0 Å². The molecular formula is C12H11ClO2. The Morgan fingerprint density at radius 2 is 2.13 bits per heavy atom. The maximum absolute atomic E-state index is 11.0. The van der Waals surface area contributed by atoms with Gasteiger partial charge in [-0.3, -0.25) is 0 Å². The van der Waals surface area contributed by atoms with E-state index in [9.17, 15) is 4.79 Å². The standard InChI is InChI=1S/C12H11ClO2/c1-7-9(12(14)15)6-5-8-3-2-4-10(13)11(7)8/h2-4H,5-6H2,1H3,(H,14,15). The number of fused-ring (bicyclic) bond motifs is 1. The minimum Gasteiger partial charge on any atom is -0.478 e. The van der Waals surface area contributed by atoms with E-state index < -0.39 is 5.97 Å². The molecule has 1 aromatic carbocycles. The Bertz CT molecular complexity index is 461. The van der Waals surface area contributed by atoms with Crippen LogP contribution in [0.5, 0.6) is 0 Å². The summed E-state index contributed by atoms with van der Waals surface area (Å²) >= 11 is 6.08. The zero-order chi connectivity index (χ0) is 11.0. The fourth-order valence-corrected chi connectivity index (χ4v) is 2.40. The normalized spacial score (nSPS) is 15.1. The van der Waals surface area contributed by atoms with Crippen LogP contribution < -0.4 is 0 Å². The van der Waals surface area contributed by atoms with Gasteiger partial charge < -0.3 is 5.11 Å². The van der Waals surface area contributed by atoms with Gasteiger partial charge in [-0.2, -0.15) is 0 Å². The van der Waals surface area contributed by atoms with Crippen LogP contribution in [0.1, 0.15) is 24.5 Å². The maximum Gasteiger partial charge on any atom is 0.331 e. The molecule has 0 saturated carbocycles. The van der Waals surface area contributed by atoms with E-state index in [2.05, 4.69) is 0 Å². The monoisotopic (exact) mass is 222 g/mol. The molecule has 0 aliphatic heterocycles. The van der Waals surface area contributed by atoms with Crippen molar-refractivity contribution in [2.45, 2.75) is 19.8 Å². The smallest absolute Gasteiger partial charge is 0.331 e. The van der Waals surface area contributed by atoms with Gasteiger partial charge in [0.05, 0.1) is 0 Å². The Labute approximate surface area is 93.2 Å². The molecule has 1 aromatic rings. The lowest BCUT2D eigenvalue weighted by atomic mass is 9.86. The highest BCUT2D eigenvalue weighted by Gasteiger charge is 2.21. The van der Waals surface area contributed by atoms with Crippen LogP contribution in [0.25, 0.3) is 5.57 Å². The van der Waals surface area contributed by atoms with Gasteiger partial charge in [-0.1, -0.05) is 23.7 Å². The van der Waals surface area contributed by atoms with Gasteiger partial charge in [0, 0.05) is 10.6 Å². The van der Waals surface area contributed by atoms with Crippen LogP contribution in [0.2, 0.25) is 5.02 Å². The minimum absolute atomic E-state index is 0.482. The second-order valence-corrected chi connectivity index (χ2v) is 4.09. The largest absolute Gasteiger partial charge is 0.478 e. The molecule has 1 N–H and O–H groups in total. The molecule has 0 aromatic heterocycles. The van der Waals surface area contributed by atoms with Gasteiger partial charge in [0.25, 0.3) is 0 Å². The predicted molar refractivity (Wildman–Crippen MR) is 60.0 cm³/mol. The average molecular weight is 223 g/mol. The first-order chi connectivity index (χ1) is 7.11. The van der Waals surface area contributed by atoms with Crippen molar-refractivity contribution in [2.24, 2.45) is 0 Å². The summed E-state index contributed by atoms with van der Waals surface area (Å²) in [6, 6.07) is 5.71. The molecule has 0 fully saturated rings. The quantitative estimate of drug-likeness (QED) is 0.793. The number of rotatable bonds is 1. The van der Waals surface area contributed by atoms with E-state index >= 15 is 0 Å². The number of carbonyl (C=O) groups is 1. The van der Waals surface area contributed by atoms with E-state index in [1.807, 2.05) is 19.1 Å². The predicted octanol–water partition coefficient (Wildman–Crippen LogP) is 3.14. The number of halogens is 1. The van der Waals surface area contributed by atoms with E-state index in [-0.39, 0.29) is 0 Å². The summed E-state index contributed by atoms with van der Waals surface area (Å²) in [5.74, 6) is -0.835. The molecule has 0 heterocycles. The van der Waals surface area contributed by atoms with Crippen LogP contribution in [0.3, 0.4) is 0 Å². The fraction of sp³-hybridized carbons (Fsp3) is 0.250. The Balaban J connectivity index is 2.65. The molecule has 1 aliphatic rings. The maximum atomic E-state index is 11.0. The van der Waals surface area contributed by atoms with E-state index in [4.69, 9.17) is 16.7 Å². The summed E-state index contributed by atoms with van der Waals surface area (Å²) in [5.41, 5.74) is 3.33. The molecule has 2 rings (SSSR count). The first-order valence-corrected chi connectivity index (χ1v) is 5.20. The van der Waals surface area contributed by atoms with Crippen molar-refractivity contribution in [3.63, 3.8) is 0 Å². The van der Waals surface area contributed by atoms with Crippen LogP contribution in [-0.2, 0) is 11.2 Å². The lowest BCUT2D eigenvalue weighted by Gasteiger charge is -2.19. The minimum atomic E-state index is -0.835. The highest BCUT2D eigenvalue weighted by molar-refractivity contribution is 6.32. The van der Waals surface area contributed by atoms with Crippen molar-refractivity contribution in [1.82, 2.24) is 0 Å². The van der Waals surface area contributed by atoms with Crippen molar-refractivity contribution >= 4 is 23.1 Å². The highest BCUT2D eigenvalue weighted by atomic mass is 35.5. The third-order valence-electron chi connectivity index (χ3n) is 2.83. The summed E-state index contributed by atoms with van der Waals surface area (Å²) in [5, 5.41) is 9.67. The molecule has 0 bridgehead atoms. The van der Waals surface area contributed by atoms with Crippen LogP contribution in [0.4, 0.5) is 0 Å². The van der Waals surface area contributed by atoms with Crippen LogP contribution >= 0.6 is 11.6 Å². The summed E-state index contributed by atoms with van der Waals surface area (Å²) < 4.78 is 0. The number of aliphatic carboxylic acids is 1. The summed E-state index contributed by atoms with van der Waals surface area (Å²) in [4.78, 5) is 11.0. The molecule has 78 valence electrons. The molecule has 0 atom stereocenters. The molecule has 0 radical (unpaired) electrons. The molecule has 0 amide bonds. The highest BCUT2D eigenvalue weighted by Crippen LogP contribution is 2.35. The summed E-state index contributed by atoms with van der Waals surface area (Å²) in [6.07, 6.45) is 1.35. The van der Waals surface area contributed by atoms with E-state index in [0.717, 1.165) is 23.1 Å². The molecular weight excluding hydrogens is 212 g/mol. The molecule has 0 spiro atoms. The number of aryl methyl sites for hydroxylation is 1. The SMILES string of the molecule is CC1=C(C(=O)O)CCc2cccc(Cl)c21. The summed E-state index contributed by atoms with van der Waals surface area (Å²) in [6.45, 7) is 1.83. The van der Waals surface area contributed by atoms with Gasteiger partial charge in [0.15, 0.2) is 0 Å². The Hall–Kier alpha value is -1.28. The Morgan fingerprint density at radius 1 is 1.40 bits per heavy atom. The molecule has 15 heavy (non-hydrogen) atoms. The van der Waals surface area contributed by atoms with Crippen LogP contribution in [0.15, 0.2) is 23.8 Å². The lowest BCUT2D eigenvalue weighted by Crippen LogP contribution is -2.10. The van der Waals surface area contributed by atoms with Crippen molar-refractivity contribution < 1.29 is 9.90 Å². The summed E-state index contributed by atoms with van der Waals surface area (Å²) in [7, 11) is 0. The Kier molecular flexibility index (Phi) is 2.53. The second kappa shape index (κ2) is 3.70. The van der Waals surface area contributed by atoms with Crippen molar-refractivity contribution in [2.75, 3.05) is 0 Å². The third kappa shape index (κ3) is 1.65. The first kappa shape index (κ1) is 10.2. The fourth-order valence-electron chi connectivity index (χ4n) is 2.06. The molecule has 1 aliphatic carbocycles. The van der Waals surface area contributed by atoms with E-state index in [1.54, 1.807) is 6.07 Å². The van der Waals surface area contributed by atoms with Crippen molar-refractivity contribution in [3.05, 3.63) is 39.9 Å². The van der Waals surface area contributed by atoms with Crippen LogP contribution in [0, 0.1) is 0 Å². The molecule has 0 saturated heterocycles. The van der Waals surface area contributed by atoms with Gasteiger partial charge >= 0.3 is 5.97 Å². The zero-order valence-corrected chi connectivity index (χ0v) is 9.14. The zero-order valence-electron chi connectivity index (χ0n) is 8.38. The second-order valence-electron chi connectivity index (χ2n) is 3.68. The molecule has 2 nitrogen and oxygen atoms in total. The Morgan fingerprint density at radius 3 is 2.80 bits per heavy atom. The van der Waals surface area contributed by atoms with E-state index in [0.29, 0.717) is 17.0 Å². The first-order valence-electron chi connectivity index (χ1n) is 4.82. The molecule has 0 unspecified atom stereocenters.